The number of amides is 3. The summed E-state index contributed by atoms with van der Waals surface area (Å²) in [6.07, 6.45) is 7.25. The van der Waals surface area contributed by atoms with Crippen molar-refractivity contribution in [2.24, 2.45) is 0 Å². The van der Waals surface area contributed by atoms with Crippen molar-refractivity contribution < 1.29 is 19.1 Å². The van der Waals surface area contributed by atoms with Gasteiger partial charge in [0.1, 0.15) is 17.7 Å². The zero-order valence-corrected chi connectivity index (χ0v) is 26.0. The van der Waals surface area contributed by atoms with Crippen LogP contribution in [0.4, 0.5) is 10.5 Å². The molecule has 3 amide bonds. The van der Waals surface area contributed by atoms with Gasteiger partial charge in [-0.15, -0.1) is 0 Å². The van der Waals surface area contributed by atoms with Crippen molar-refractivity contribution in [1.29, 1.82) is 0 Å². The summed E-state index contributed by atoms with van der Waals surface area (Å²) < 4.78 is 5.39. The third-order valence-electron chi connectivity index (χ3n) is 6.89. The Morgan fingerprint density at radius 3 is 2.20 bits per heavy atom. The number of hydrogen-bond donors (Lipinski definition) is 2. The minimum Gasteiger partial charge on any atom is -0.444 e. The normalized spacial score (nSPS) is 12.7. The van der Waals surface area contributed by atoms with Gasteiger partial charge in [-0.3, -0.25) is 9.59 Å². The SMILES string of the molecule is C=Cc1cccc(C(C(=O)Nc2c(C)cccc2C)N(CCCCCCCC)C(=O)C(C)NC(=O)OC(C)(C)C)c1. The molecule has 2 atom stereocenters. The molecule has 2 aromatic carbocycles. The number of hydrogen-bond acceptors (Lipinski definition) is 4. The van der Waals surface area contributed by atoms with Crippen LogP contribution in [0.3, 0.4) is 0 Å². The Bertz CT molecular complexity index is 1160. The van der Waals surface area contributed by atoms with Crippen molar-refractivity contribution in [2.45, 2.75) is 105 Å². The number of nitrogens with zero attached hydrogens (tertiary/aromatic N) is 1. The van der Waals surface area contributed by atoms with E-state index in [1.54, 1.807) is 38.7 Å². The molecule has 0 aliphatic heterocycles. The third-order valence-corrected chi connectivity index (χ3v) is 6.89. The van der Waals surface area contributed by atoms with E-state index in [-0.39, 0.29) is 11.8 Å². The summed E-state index contributed by atoms with van der Waals surface area (Å²) in [5, 5.41) is 5.78. The van der Waals surface area contributed by atoms with Gasteiger partial charge >= 0.3 is 6.09 Å². The second-order valence-corrected chi connectivity index (χ2v) is 11.7. The molecule has 224 valence electrons. The molecule has 2 aromatic rings. The van der Waals surface area contributed by atoms with E-state index < -0.39 is 23.8 Å². The summed E-state index contributed by atoms with van der Waals surface area (Å²) in [4.78, 5) is 42.3. The molecule has 0 heterocycles. The number of para-hydroxylation sites is 1. The van der Waals surface area contributed by atoms with Crippen molar-refractivity contribution in [3.63, 3.8) is 0 Å². The Hall–Kier alpha value is -3.61. The number of anilines is 1. The van der Waals surface area contributed by atoms with Gasteiger partial charge in [-0.05, 0) is 76.3 Å². The maximum Gasteiger partial charge on any atom is 0.408 e. The fourth-order valence-corrected chi connectivity index (χ4v) is 4.76. The van der Waals surface area contributed by atoms with E-state index in [9.17, 15) is 14.4 Å². The van der Waals surface area contributed by atoms with Gasteiger partial charge in [0.25, 0.3) is 5.91 Å². The van der Waals surface area contributed by atoms with Crippen molar-refractivity contribution >= 4 is 29.7 Å². The van der Waals surface area contributed by atoms with E-state index in [0.717, 1.165) is 54.5 Å². The van der Waals surface area contributed by atoms with E-state index in [0.29, 0.717) is 12.1 Å². The molecule has 0 radical (unpaired) electrons. The molecule has 0 bridgehead atoms. The molecule has 0 aromatic heterocycles. The molecule has 0 spiro atoms. The van der Waals surface area contributed by atoms with E-state index in [4.69, 9.17) is 4.74 Å². The molecule has 0 fully saturated rings. The highest BCUT2D eigenvalue weighted by molar-refractivity contribution is 5.99. The molecule has 2 N–H and O–H groups in total. The zero-order valence-electron chi connectivity index (χ0n) is 26.0. The van der Waals surface area contributed by atoms with Crippen LogP contribution in [-0.4, -0.2) is 41.0 Å². The van der Waals surface area contributed by atoms with E-state index in [1.165, 1.54) is 6.42 Å². The average Bonchev–Trinajstić information content (AvgIpc) is 2.90. The van der Waals surface area contributed by atoms with Crippen LogP contribution in [0.1, 0.15) is 101 Å². The second kappa shape index (κ2) is 16.0. The summed E-state index contributed by atoms with van der Waals surface area (Å²) in [5.41, 5.74) is 3.42. The first-order chi connectivity index (χ1) is 19.4. The monoisotopic (exact) mass is 563 g/mol. The minimum absolute atomic E-state index is 0.313. The first-order valence-electron chi connectivity index (χ1n) is 14.8. The number of carbonyl (C=O) groups is 3. The topological polar surface area (TPSA) is 87.7 Å². The van der Waals surface area contributed by atoms with Gasteiger partial charge in [0, 0.05) is 12.2 Å². The number of benzene rings is 2. The Morgan fingerprint density at radius 1 is 0.976 bits per heavy atom. The van der Waals surface area contributed by atoms with Crippen LogP contribution >= 0.6 is 0 Å². The molecule has 0 aliphatic carbocycles. The van der Waals surface area contributed by atoms with Gasteiger partial charge in [-0.2, -0.15) is 0 Å². The molecule has 0 saturated carbocycles. The van der Waals surface area contributed by atoms with Crippen LogP contribution in [0, 0.1) is 13.8 Å². The first kappa shape index (κ1) is 33.6. The lowest BCUT2D eigenvalue weighted by Crippen LogP contribution is -2.51. The lowest BCUT2D eigenvalue weighted by atomic mass is 9.99. The summed E-state index contributed by atoms with van der Waals surface area (Å²) in [6, 6.07) is 11.5. The van der Waals surface area contributed by atoms with Gasteiger partial charge < -0.3 is 20.3 Å². The van der Waals surface area contributed by atoms with Crippen LogP contribution in [0.25, 0.3) is 6.08 Å². The second-order valence-electron chi connectivity index (χ2n) is 11.7. The Morgan fingerprint density at radius 2 is 1.59 bits per heavy atom. The highest BCUT2D eigenvalue weighted by atomic mass is 16.6. The predicted octanol–water partition coefficient (Wildman–Crippen LogP) is 7.73. The van der Waals surface area contributed by atoms with Gasteiger partial charge in [0.2, 0.25) is 5.91 Å². The first-order valence-corrected chi connectivity index (χ1v) is 14.8. The molecule has 0 saturated heterocycles. The van der Waals surface area contributed by atoms with Crippen molar-refractivity contribution in [2.75, 3.05) is 11.9 Å². The summed E-state index contributed by atoms with van der Waals surface area (Å²) in [7, 11) is 0. The van der Waals surface area contributed by atoms with E-state index in [2.05, 4.69) is 24.1 Å². The molecular weight excluding hydrogens is 514 g/mol. The smallest absolute Gasteiger partial charge is 0.408 e. The Balaban J connectivity index is 2.48. The largest absolute Gasteiger partial charge is 0.444 e. The molecule has 7 heteroatoms. The number of alkyl carbamates (subject to hydrolysis) is 1. The molecule has 2 rings (SSSR count). The van der Waals surface area contributed by atoms with Crippen molar-refractivity contribution in [3.8, 4) is 0 Å². The van der Waals surface area contributed by atoms with Gasteiger partial charge in [-0.1, -0.05) is 88.1 Å². The van der Waals surface area contributed by atoms with Crippen molar-refractivity contribution in [1.82, 2.24) is 10.2 Å². The number of carbonyl (C=O) groups excluding carboxylic acids is 3. The van der Waals surface area contributed by atoms with Gasteiger partial charge in [0.05, 0.1) is 0 Å². The van der Waals surface area contributed by atoms with Crippen LogP contribution in [0.2, 0.25) is 0 Å². The summed E-state index contributed by atoms with van der Waals surface area (Å²) in [6.45, 7) is 17.2. The Kier molecular flexibility index (Phi) is 13.1. The van der Waals surface area contributed by atoms with Crippen LogP contribution < -0.4 is 10.6 Å². The van der Waals surface area contributed by atoms with Crippen molar-refractivity contribution in [3.05, 3.63) is 71.3 Å². The number of rotatable bonds is 14. The summed E-state index contributed by atoms with van der Waals surface area (Å²) >= 11 is 0. The zero-order chi connectivity index (χ0) is 30.6. The van der Waals surface area contributed by atoms with E-state index >= 15 is 0 Å². The fraction of sp³-hybridized carbons (Fsp3) is 0.500. The molecular formula is C34H49N3O4. The molecule has 7 nitrogen and oxygen atoms in total. The minimum atomic E-state index is -0.917. The van der Waals surface area contributed by atoms with Crippen LogP contribution in [-0.2, 0) is 14.3 Å². The van der Waals surface area contributed by atoms with E-state index in [1.807, 2.05) is 56.3 Å². The summed E-state index contributed by atoms with van der Waals surface area (Å²) in [5.74, 6) is -0.664. The molecule has 41 heavy (non-hydrogen) atoms. The standard InChI is InChI=1S/C34H49N3O4/c1-9-11-12-13-14-15-22-37(32(39)26(5)35-33(40)41-34(6,7)8)30(28-21-17-20-27(10-2)23-28)31(38)36-29-24(3)18-16-19-25(29)4/h10,16-21,23,26,30H,2,9,11-15,22H2,1,3-8H3,(H,35,40)(H,36,38). The number of aryl methyl sites for hydroxylation is 2. The molecule has 0 aliphatic rings. The average molecular weight is 564 g/mol. The number of nitrogens with one attached hydrogen (secondary N) is 2. The lowest BCUT2D eigenvalue weighted by Gasteiger charge is -2.34. The quantitative estimate of drug-likeness (QED) is 0.230. The van der Waals surface area contributed by atoms with Crippen LogP contribution in [0.5, 0.6) is 0 Å². The highest BCUT2D eigenvalue weighted by Crippen LogP contribution is 2.28. The van der Waals surface area contributed by atoms with Gasteiger partial charge in [-0.25, -0.2) is 4.79 Å². The predicted molar refractivity (Wildman–Crippen MR) is 168 cm³/mol. The Labute approximate surface area is 246 Å². The van der Waals surface area contributed by atoms with Crippen LogP contribution in [0.15, 0.2) is 49.0 Å². The lowest BCUT2D eigenvalue weighted by molar-refractivity contribution is -0.140. The third kappa shape index (κ3) is 10.7. The number of unbranched alkanes of at least 4 members (excludes halogenated alkanes) is 5. The van der Waals surface area contributed by atoms with Gasteiger partial charge in [0.15, 0.2) is 0 Å². The maximum absolute atomic E-state index is 14.1. The number of ether oxygens (including phenoxy) is 1. The highest BCUT2D eigenvalue weighted by Gasteiger charge is 2.35. The fourth-order valence-electron chi connectivity index (χ4n) is 4.76. The molecule has 2 unspecified atom stereocenters. The maximum atomic E-state index is 14.1.